The van der Waals surface area contributed by atoms with Gasteiger partial charge in [-0.3, -0.25) is 10.1 Å². The summed E-state index contributed by atoms with van der Waals surface area (Å²) in [6, 6.07) is 4.52. The predicted octanol–water partition coefficient (Wildman–Crippen LogP) is 1.35. The molecule has 0 amide bonds. The van der Waals surface area contributed by atoms with Crippen LogP contribution in [-0.2, 0) is 16.0 Å². The fourth-order valence-electron chi connectivity index (χ4n) is 1.78. The highest BCUT2D eigenvalue weighted by Crippen LogP contribution is 2.23. The molecule has 1 aromatic carbocycles. The van der Waals surface area contributed by atoms with Crippen LogP contribution in [-0.4, -0.2) is 45.5 Å². The maximum atomic E-state index is 10.8. The van der Waals surface area contributed by atoms with Crippen LogP contribution >= 0.6 is 0 Å². The number of nitrogens with zero attached hydrogens (tertiary/aromatic N) is 1. The molecule has 1 aromatic rings. The van der Waals surface area contributed by atoms with Crippen molar-refractivity contribution in [3.63, 3.8) is 0 Å². The standard InChI is InChI=1S/C13H20N2O5/c1-18-9-12(19-2)8-14-7-10-6-11(15(16)17)4-5-13(10)20-3/h4-6,12,14H,7-9H2,1-3H3. The van der Waals surface area contributed by atoms with Crippen LogP contribution in [0.5, 0.6) is 5.75 Å². The van der Waals surface area contributed by atoms with Gasteiger partial charge >= 0.3 is 0 Å². The van der Waals surface area contributed by atoms with Crippen molar-refractivity contribution in [1.82, 2.24) is 5.32 Å². The van der Waals surface area contributed by atoms with Crippen molar-refractivity contribution >= 4 is 5.69 Å². The van der Waals surface area contributed by atoms with Crippen LogP contribution in [0, 0.1) is 10.1 Å². The van der Waals surface area contributed by atoms with Crippen LogP contribution in [0.25, 0.3) is 0 Å². The number of non-ortho nitro benzene ring substituents is 1. The van der Waals surface area contributed by atoms with E-state index >= 15 is 0 Å². The Morgan fingerprint density at radius 2 is 2.10 bits per heavy atom. The van der Waals surface area contributed by atoms with E-state index in [4.69, 9.17) is 14.2 Å². The molecule has 1 rings (SSSR count). The first-order chi connectivity index (χ1) is 9.62. The molecular formula is C13H20N2O5. The van der Waals surface area contributed by atoms with E-state index in [0.29, 0.717) is 25.4 Å². The zero-order valence-electron chi connectivity index (χ0n) is 11.9. The Morgan fingerprint density at radius 3 is 2.65 bits per heavy atom. The molecule has 20 heavy (non-hydrogen) atoms. The number of benzene rings is 1. The molecule has 0 radical (unpaired) electrons. The summed E-state index contributed by atoms with van der Waals surface area (Å²) in [5.41, 5.74) is 0.775. The van der Waals surface area contributed by atoms with E-state index in [1.54, 1.807) is 20.3 Å². The minimum Gasteiger partial charge on any atom is -0.496 e. The fraction of sp³-hybridized carbons (Fsp3) is 0.538. The molecule has 0 aliphatic rings. The first-order valence-corrected chi connectivity index (χ1v) is 6.16. The van der Waals surface area contributed by atoms with Gasteiger partial charge in [0.25, 0.3) is 5.69 Å². The summed E-state index contributed by atoms with van der Waals surface area (Å²) in [6.07, 6.45) is -0.0651. The number of hydrogen-bond donors (Lipinski definition) is 1. The molecule has 1 atom stereocenters. The molecule has 7 heteroatoms. The first kappa shape index (κ1) is 16.4. The highest BCUT2D eigenvalue weighted by Gasteiger charge is 2.12. The third-order valence-corrected chi connectivity index (χ3v) is 2.85. The Balaban J connectivity index is 2.65. The Morgan fingerprint density at radius 1 is 1.35 bits per heavy atom. The summed E-state index contributed by atoms with van der Waals surface area (Å²) in [5.74, 6) is 0.615. The number of nitro groups is 1. The van der Waals surface area contributed by atoms with Gasteiger partial charge < -0.3 is 19.5 Å². The molecular weight excluding hydrogens is 264 g/mol. The second-order valence-corrected chi connectivity index (χ2v) is 4.20. The number of rotatable bonds is 9. The largest absolute Gasteiger partial charge is 0.496 e. The predicted molar refractivity (Wildman–Crippen MR) is 74.0 cm³/mol. The van der Waals surface area contributed by atoms with E-state index in [1.807, 2.05) is 0 Å². The van der Waals surface area contributed by atoms with E-state index in [2.05, 4.69) is 5.32 Å². The lowest BCUT2D eigenvalue weighted by Crippen LogP contribution is -2.31. The normalized spacial score (nSPS) is 12.2. The summed E-state index contributed by atoms with van der Waals surface area (Å²) in [4.78, 5) is 10.3. The van der Waals surface area contributed by atoms with Crippen molar-refractivity contribution in [2.24, 2.45) is 0 Å². The molecule has 0 aromatic heterocycles. The van der Waals surface area contributed by atoms with E-state index < -0.39 is 4.92 Å². The van der Waals surface area contributed by atoms with E-state index in [0.717, 1.165) is 5.56 Å². The zero-order chi connectivity index (χ0) is 15.0. The van der Waals surface area contributed by atoms with Gasteiger partial charge in [-0.15, -0.1) is 0 Å². The molecule has 1 N–H and O–H groups in total. The average Bonchev–Trinajstić information content (AvgIpc) is 2.46. The van der Waals surface area contributed by atoms with Crippen molar-refractivity contribution in [1.29, 1.82) is 0 Å². The molecule has 1 unspecified atom stereocenters. The average molecular weight is 284 g/mol. The molecule has 0 saturated heterocycles. The Hall–Kier alpha value is -1.70. The lowest BCUT2D eigenvalue weighted by Gasteiger charge is -2.15. The van der Waals surface area contributed by atoms with Crippen LogP contribution in [0.15, 0.2) is 18.2 Å². The maximum absolute atomic E-state index is 10.8. The van der Waals surface area contributed by atoms with Crippen LogP contribution < -0.4 is 10.1 Å². The Bertz CT molecular complexity index is 439. The molecule has 0 saturated carbocycles. The van der Waals surface area contributed by atoms with Crippen LogP contribution in [0.2, 0.25) is 0 Å². The second kappa shape index (κ2) is 8.47. The van der Waals surface area contributed by atoms with Crippen molar-refractivity contribution in [3.8, 4) is 5.75 Å². The van der Waals surface area contributed by atoms with Crippen molar-refractivity contribution in [3.05, 3.63) is 33.9 Å². The first-order valence-electron chi connectivity index (χ1n) is 6.16. The third-order valence-electron chi connectivity index (χ3n) is 2.85. The van der Waals surface area contributed by atoms with Crippen LogP contribution in [0.4, 0.5) is 5.69 Å². The van der Waals surface area contributed by atoms with Crippen molar-refractivity contribution in [2.45, 2.75) is 12.6 Å². The highest BCUT2D eigenvalue weighted by molar-refractivity contribution is 5.43. The second-order valence-electron chi connectivity index (χ2n) is 4.20. The smallest absolute Gasteiger partial charge is 0.270 e. The minimum atomic E-state index is -0.425. The number of ether oxygens (including phenoxy) is 3. The molecule has 0 bridgehead atoms. The molecule has 0 heterocycles. The molecule has 0 aliphatic heterocycles. The van der Waals surface area contributed by atoms with Gasteiger partial charge in [0.2, 0.25) is 0 Å². The molecule has 0 spiro atoms. The summed E-state index contributed by atoms with van der Waals surface area (Å²) in [5, 5.41) is 13.9. The quantitative estimate of drug-likeness (QED) is 0.544. The van der Waals surface area contributed by atoms with Crippen molar-refractivity contribution < 1.29 is 19.1 Å². The summed E-state index contributed by atoms with van der Waals surface area (Å²) in [7, 11) is 4.75. The summed E-state index contributed by atoms with van der Waals surface area (Å²) < 4.78 is 15.4. The lowest BCUT2D eigenvalue weighted by molar-refractivity contribution is -0.384. The van der Waals surface area contributed by atoms with Gasteiger partial charge in [0.15, 0.2) is 0 Å². The molecule has 0 aliphatic carbocycles. The summed E-state index contributed by atoms with van der Waals surface area (Å²) in [6.45, 7) is 1.51. The van der Waals surface area contributed by atoms with Gasteiger partial charge in [0.1, 0.15) is 5.75 Å². The number of nitrogens with one attached hydrogen (secondary N) is 1. The van der Waals surface area contributed by atoms with E-state index in [-0.39, 0.29) is 11.8 Å². The highest BCUT2D eigenvalue weighted by atomic mass is 16.6. The maximum Gasteiger partial charge on any atom is 0.270 e. The van der Waals surface area contributed by atoms with Gasteiger partial charge in [-0.2, -0.15) is 0 Å². The fourth-order valence-corrected chi connectivity index (χ4v) is 1.78. The SMILES string of the molecule is COCC(CNCc1cc([N+](=O)[O-])ccc1OC)OC. The van der Waals surface area contributed by atoms with Gasteiger partial charge in [0, 0.05) is 45.0 Å². The third kappa shape index (κ3) is 4.76. The molecule has 0 fully saturated rings. The van der Waals surface area contributed by atoms with Crippen molar-refractivity contribution in [2.75, 3.05) is 34.5 Å². The van der Waals surface area contributed by atoms with E-state index in [1.165, 1.54) is 19.2 Å². The minimum absolute atomic E-state index is 0.0442. The molecule has 7 nitrogen and oxygen atoms in total. The number of hydrogen-bond acceptors (Lipinski definition) is 6. The van der Waals surface area contributed by atoms with Gasteiger partial charge in [-0.25, -0.2) is 0 Å². The van der Waals surface area contributed by atoms with Gasteiger partial charge in [-0.05, 0) is 6.07 Å². The van der Waals surface area contributed by atoms with Gasteiger partial charge in [0.05, 0.1) is 24.7 Å². The molecule has 112 valence electrons. The topological polar surface area (TPSA) is 82.9 Å². The number of methoxy groups -OCH3 is 3. The zero-order valence-corrected chi connectivity index (χ0v) is 11.9. The Kier molecular flexibility index (Phi) is 6.92. The monoisotopic (exact) mass is 284 g/mol. The Labute approximate surface area is 118 Å². The van der Waals surface area contributed by atoms with Crippen LogP contribution in [0.1, 0.15) is 5.56 Å². The van der Waals surface area contributed by atoms with Crippen LogP contribution in [0.3, 0.4) is 0 Å². The number of nitro benzene ring substituents is 1. The summed E-state index contributed by atoms with van der Waals surface area (Å²) >= 11 is 0. The lowest BCUT2D eigenvalue weighted by atomic mass is 10.1. The van der Waals surface area contributed by atoms with Gasteiger partial charge in [-0.1, -0.05) is 0 Å². The van der Waals surface area contributed by atoms with E-state index in [9.17, 15) is 10.1 Å².